The molecule has 0 fully saturated rings. The summed E-state index contributed by atoms with van der Waals surface area (Å²) >= 11 is 0. The van der Waals surface area contributed by atoms with Crippen molar-refractivity contribution in [1.29, 1.82) is 0 Å². The quantitative estimate of drug-likeness (QED) is 0.750. The van der Waals surface area contributed by atoms with Gasteiger partial charge in [-0.25, -0.2) is 0 Å². The molecule has 0 radical (unpaired) electrons. The zero-order valence-corrected chi connectivity index (χ0v) is 18.6. The lowest BCUT2D eigenvalue weighted by molar-refractivity contribution is -0.126. The van der Waals surface area contributed by atoms with Crippen molar-refractivity contribution < 1.29 is 14.3 Å². The van der Waals surface area contributed by atoms with E-state index >= 15 is 0 Å². The molecule has 1 heterocycles. The molecular weight excluding hydrogens is 388 g/mol. The molecule has 164 valence electrons. The lowest BCUT2D eigenvalue weighted by atomic mass is 10.0. The van der Waals surface area contributed by atoms with Gasteiger partial charge in [0.15, 0.2) is 0 Å². The van der Waals surface area contributed by atoms with Gasteiger partial charge in [0.25, 0.3) is 5.91 Å². The number of ether oxygens (including phenoxy) is 1. The highest BCUT2D eigenvalue weighted by atomic mass is 16.5. The number of hydrogen-bond acceptors (Lipinski definition) is 3. The van der Waals surface area contributed by atoms with Crippen LogP contribution in [0, 0.1) is 0 Å². The van der Waals surface area contributed by atoms with Crippen molar-refractivity contribution in [2.75, 3.05) is 7.05 Å². The fourth-order valence-corrected chi connectivity index (χ4v) is 3.76. The predicted molar refractivity (Wildman–Crippen MR) is 123 cm³/mol. The number of fused-ring (bicyclic) bond motifs is 1. The minimum atomic E-state index is -0.624. The highest BCUT2D eigenvalue weighted by Gasteiger charge is 2.30. The van der Waals surface area contributed by atoms with Crippen LogP contribution in [-0.2, 0) is 11.2 Å². The van der Waals surface area contributed by atoms with Crippen molar-refractivity contribution in [3.05, 3.63) is 77.9 Å². The molecule has 1 aliphatic rings. The first-order valence-electron chi connectivity index (χ1n) is 11.0. The molecule has 0 spiro atoms. The number of para-hydroxylation sites is 1. The predicted octanol–water partition coefficient (Wildman–Crippen LogP) is 4.38. The maximum Gasteiger partial charge on any atom is 0.258 e. The number of likely N-dealkylation sites (N-methyl/N-ethyl adjacent to an activating group) is 1. The van der Waals surface area contributed by atoms with Crippen LogP contribution in [0.4, 0.5) is 0 Å². The van der Waals surface area contributed by atoms with Crippen LogP contribution in [0.15, 0.2) is 66.7 Å². The van der Waals surface area contributed by atoms with E-state index in [1.54, 1.807) is 18.0 Å². The largest absolute Gasteiger partial charge is 0.490 e. The van der Waals surface area contributed by atoms with Crippen molar-refractivity contribution in [1.82, 2.24) is 10.2 Å². The highest BCUT2D eigenvalue weighted by Crippen LogP contribution is 2.23. The second kappa shape index (κ2) is 10.8. The van der Waals surface area contributed by atoms with Gasteiger partial charge < -0.3 is 15.0 Å². The molecule has 3 rings (SSSR count). The number of rotatable bonds is 3. The Labute approximate surface area is 185 Å². The van der Waals surface area contributed by atoms with Gasteiger partial charge in [-0.05, 0) is 37.5 Å². The van der Waals surface area contributed by atoms with E-state index in [9.17, 15) is 9.59 Å². The molecule has 0 aliphatic carbocycles. The van der Waals surface area contributed by atoms with Gasteiger partial charge in [-0.15, -0.1) is 0 Å². The van der Waals surface area contributed by atoms with E-state index in [1.807, 2.05) is 55.5 Å². The zero-order chi connectivity index (χ0) is 22.2. The number of nitrogens with zero attached hydrogens (tertiary/aromatic N) is 1. The number of carbonyl (C=O) groups is 2. The Hall–Kier alpha value is -3.08. The number of benzene rings is 2. The van der Waals surface area contributed by atoms with E-state index in [4.69, 9.17) is 4.74 Å². The maximum atomic E-state index is 13.5. The number of nitrogens with one attached hydrogen (secondary N) is 1. The molecule has 5 heteroatoms. The van der Waals surface area contributed by atoms with Gasteiger partial charge in [0.1, 0.15) is 11.8 Å². The van der Waals surface area contributed by atoms with Crippen molar-refractivity contribution >= 4 is 11.8 Å². The minimum Gasteiger partial charge on any atom is -0.490 e. The van der Waals surface area contributed by atoms with Crippen molar-refractivity contribution in [3.63, 3.8) is 0 Å². The molecule has 3 atom stereocenters. The summed E-state index contributed by atoms with van der Waals surface area (Å²) in [7, 11) is 1.70. The van der Waals surface area contributed by atoms with Crippen molar-refractivity contribution in [2.24, 2.45) is 0 Å². The van der Waals surface area contributed by atoms with Gasteiger partial charge in [0.05, 0.1) is 11.7 Å². The minimum absolute atomic E-state index is 0.0250. The lowest BCUT2D eigenvalue weighted by Crippen LogP contribution is -2.51. The Bertz CT molecular complexity index is 910. The van der Waals surface area contributed by atoms with Crippen LogP contribution < -0.4 is 10.1 Å². The average molecular weight is 421 g/mol. The average Bonchev–Trinajstić information content (AvgIpc) is 2.79. The number of amides is 2. The molecule has 0 saturated carbocycles. The zero-order valence-electron chi connectivity index (χ0n) is 18.6. The van der Waals surface area contributed by atoms with Gasteiger partial charge in [0.2, 0.25) is 5.91 Å². The summed E-state index contributed by atoms with van der Waals surface area (Å²) < 4.78 is 6.09. The summed E-state index contributed by atoms with van der Waals surface area (Å²) in [5.41, 5.74) is 1.48. The third kappa shape index (κ3) is 5.97. The second-order valence-electron chi connectivity index (χ2n) is 8.10. The summed E-state index contributed by atoms with van der Waals surface area (Å²) in [5.74, 6) is 0.186. The Morgan fingerprint density at radius 1 is 1.00 bits per heavy atom. The van der Waals surface area contributed by atoms with Crippen LogP contribution in [0.5, 0.6) is 5.75 Å². The molecule has 1 N–H and O–H groups in total. The van der Waals surface area contributed by atoms with E-state index in [-0.39, 0.29) is 24.0 Å². The lowest BCUT2D eigenvalue weighted by Gasteiger charge is -2.30. The summed E-state index contributed by atoms with van der Waals surface area (Å²) in [6.07, 6.45) is 6.88. The molecule has 5 nitrogen and oxygen atoms in total. The van der Waals surface area contributed by atoms with Crippen molar-refractivity contribution in [3.8, 4) is 5.75 Å². The normalized spacial score (nSPS) is 23.8. The van der Waals surface area contributed by atoms with E-state index in [1.165, 1.54) is 0 Å². The standard InChI is InChI=1S/C26H32N2O3/c1-4-21-15-9-8-12-19(2)31-24-17-11-10-16-22(24)26(30)28(3)23(25(29)27-21)18-20-13-6-5-7-14-20/h5-11,13-14,16-17,19,21,23H,4,12,15,18H2,1-3H3,(H,27,29)/b9-8-/t19-,21-,23-/m1/s1. The molecule has 0 aromatic heterocycles. The summed E-state index contributed by atoms with van der Waals surface area (Å²) in [5, 5.41) is 3.16. The van der Waals surface area contributed by atoms with Crippen molar-refractivity contribution in [2.45, 2.75) is 57.7 Å². The summed E-state index contributed by atoms with van der Waals surface area (Å²) in [4.78, 5) is 28.3. The second-order valence-corrected chi connectivity index (χ2v) is 8.10. The van der Waals surface area contributed by atoms with E-state index < -0.39 is 6.04 Å². The first-order valence-corrected chi connectivity index (χ1v) is 11.0. The molecule has 31 heavy (non-hydrogen) atoms. The SMILES string of the molecule is CC[C@@H]1C/C=C\C[C@@H](C)Oc2ccccc2C(=O)N(C)[C@H](Cc2ccccc2)C(=O)N1. The van der Waals surface area contributed by atoms with Gasteiger partial charge >= 0.3 is 0 Å². The number of carbonyl (C=O) groups excluding carboxylic acids is 2. The van der Waals surface area contributed by atoms with Crippen LogP contribution in [-0.4, -0.2) is 41.9 Å². The molecule has 0 bridgehead atoms. The molecule has 1 aliphatic heterocycles. The molecular formula is C26H32N2O3. The Morgan fingerprint density at radius 3 is 2.42 bits per heavy atom. The molecule has 2 aromatic carbocycles. The van der Waals surface area contributed by atoms with Crippen LogP contribution >= 0.6 is 0 Å². The molecule has 0 saturated heterocycles. The summed E-state index contributed by atoms with van der Waals surface area (Å²) in [6, 6.07) is 16.5. The molecule has 2 aromatic rings. The van der Waals surface area contributed by atoms with E-state index in [2.05, 4.69) is 24.4 Å². The first-order chi connectivity index (χ1) is 15.0. The van der Waals surface area contributed by atoms with E-state index in [0.29, 0.717) is 17.7 Å². The first kappa shape index (κ1) is 22.6. The monoisotopic (exact) mass is 420 g/mol. The van der Waals surface area contributed by atoms with Gasteiger partial charge in [-0.2, -0.15) is 0 Å². The van der Waals surface area contributed by atoms with Crippen LogP contribution in [0.2, 0.25) is 0 Å². The maximum absolute atomic E-state index is 13.5. The Kier molecular flexibility index (Phi) is 7.88. The third-order valence-corrected chi connectivity index (χ3v) is 5.70. The van der Waals surface area contributed by atoms with Crippen LogP contribution in [0.25, 0.3) is 0 Å². The Balaban J connectivity index is 1.98. The smallest absolute Gasteiger partial charge is 0.258 e. The molecule has 2 amide bonds. The van der Waals surface area contributed by atoms with E-state index in [0.717, 1.165) is 24.8 Å². The fourth-order valence-electron chi connectivity index (χ4n) is 3.76. The van der Waals surface area contributed by atoms with Gasteiger partial charge in [-0.3, -0.25) is 9.59 Å². The molecule has 0 unspecified atom stereocenters. The third-order valence-electron chi connectivity index (χ3n) is 5.70. The van der Waals surface area contributed by atoms with Crippen LogP contribution in [0.3, 0.4) is 0 Å². The fraction of sp³-hybridized carbons (Fsp3) is 0.385. The number of hydrogen-bond donors (Lipinski definition) is 1. The summed E-state index contributed by atoms with van der Waals surface area (Å²) in [6.45, 7) is 4.06. The van der Waals surface area contributed by atoms with Crippen LogP contribution in [0.1, 0.15) is 49.0 Å². The van der Waals surface area contributed by atoms with Gasteiger partial charge in [0, 0.05) is 25.9 Å². The topological polar surface area (TPSA) is 58.6 Å². The van der Waals surface area contributed by atoms with Gasteiger partial charge in [-0.1, -0.05) is 61.5 Å². The highest BCUT2D eigenvalue weighted by molar-refractivity contribution is 5.99. The Morgan fingerprint density at radius 2 is 1.68 bits per heavy atom.